The molecule has 0 heterocycles. The molecule has 1 aromatic rings. The molecular formula is C13H20ClNO. The van der Waals surface area contributed by atoms with Crippen LogP contribution in [0.4, 0.5) is 0 Å². The SMILES string of the molecule is CCCCOC(N)(CC)c1cccc(Cl)c1. The van der Waals surface area contributed by atoms with Gasteiger partial charge >= 0.3 is 0 Å². The monoisotopic (exact) mass is 241 g/mol. The van der Waals surface area contributed by atoms with Crippen molar-refractivity contribution in [2.45, 2.75) is 38.8 Å². The molecule has 0 aromatic heterocycles. The Hall–Kier alpha value is -0.570. The van der Waals surface area contributed by atoms with E-state index in [4.69, 9.17) is 22.1 Å². The van der Waals surface area contributed by atoms with Gasteiger partial charge in [0.25, 0.3) is 0 Å². The fourth-order valence-corrected chi connectivity index (χ4v) is 1.73. The van der Waals surface area contributed by atoms with Crippen LogP contribution in [0, 0.1) is 0 Å². The Morgan fingerprint density at radius 2 is 2.12 bits per heavy atom. The molecule has 0 saturated carbocycles. The second kappa shape index (κ2) is 6.24. The highest BCUT2D eigenvalue weighted by Gasteiger charge is 2.25. The second-order valence-electron chi connectivity index (χ2n) is 3.96. The molecule has 0 spiro atoms. The van der Waals surface area contributed by atoms with E-state index < -0.39 is 5.72 Å². The van der Waals surface area contributed by atoms with Gasteiger partial charge in [0.15, 0.2) is 0 Å². The predicted molar refractivity (Wildman–Crippen MR) is 68.5 cm³/mol. The van der Waals surface area contributed by atoms with E-state index >= 15 is 0 Å². The zero-order valence-corrected chi connectivity index (χ0v) is 10.8. The largest absolute Gasteiger partial charge is 0.357 e. The van der Waals surface area contributed by atoms with Crippen LogP contribution in [-0.4, -0.2) is 6.61 Å². The van der Waals surface area contributed by atoms with E-state index in [1.165, 1.54) is 0 Å². The standard InChI is InChI=1S/C13H20ClNO/c1-3-5-9-16-13(15,4-2)11-7-6-8-12(14)10-11/h6-8,10H,3-5,9,15H2,1-2H3. The Bertz CT molecular complexity index is 329. The predicted octanol–water partition coefficient (Wildman–Crippen LogP) is 3.68. The van der Waals surface area contributed by atoms with Gasteiger partial charge in [0, 0.05) is 11.6 Å². The van der Waals surface area contributed by atoms with Crippen molar-refractivity contribution in [2.75, 3.05) is 6.61 Å². The summed E-state index contributed by atoms with van der Waals surface area (Å²) in [4.78, 5) is 0. The van der Waals surface area contributed by atoms with Gasteiger partial charge in [-0.2, -0.15) is 0 Å². The Labute approximate surface area is 103 Å². The van der Waals surface area contributed by atoms with Gasteiger partial charge in [-0.1, -0.05) is 44.0 Å². The van der Waals surface area contributed by atoms with Crippen molar-refractivity contribution >= 4 is 11.6 Å². The van der Waals surface area contributed by atoms with Gasteiger partial charge in [-0.25, -0.2) is 0 Å². The van der Waals surface area contributed by atoms with E-state index in [2.05, 4.69) is 6.92 Å². The third-order valence-electron chi connectivity index (χ3n) is 2.70. The number of benzene rings is 1. The van der Waals surface area contributed by atoms with Crippen molar-refractivity contribution in [1.82, 2.24) is 0 Å². The molecule has 0 aliphatic carbocycles. The third-order valence-corrected chi connectivity index (χ3v) is 2.93. The minimum absolute atomic E-state index is 0.688. The van der Waals surface area contributed by atoms with Crippen molar-refractivity contribution in [3.8, 4) is 0 Å². The van der Waals surface area contributed by atoms with Crippen LogP contribution >= 0.6 is 11.6 Å². The lowest BCUT2D eigenvalue weighted by Gasteiger charge is -2.29. The van der Waals surface area contributed by atoms with Crippen LogP contribution in [0.3, 0.4) is 0 Å². The molecule has 1 aromatic carbocycles. The van der Waals surface area contributed by atoms with Crippen molar-refractivity contribution in [3.63, 3.8) is 0 Å². The number of unbranched alkanes of at least 4 members (excludes halogenated alkanes) is 1. The number of rotatable bonds is 6. The molecule has 2 N–H and O–H groups in total. The second-order valence-corrected chi connectivity index (χ2v) is 4.39. The zero-order valence-electron chi connectivity index (χ0n) is 10.0. The Morgan fingerprint density at radius 1 is 1.38 bits per heavy atom. The van der Waals surface area contributed by atoms with Crippen molar-refractivity contribution in [1.29, 1.82) is 0 Å². The summed E-state index contributed by atoms with van der Waals surface area (Å²) >= 11 is 5.96. The number of ether oxygens (including phenoxy) is 1. The molecular weight excluding hydrogens is 222 g/mol. The summed E-state index contributed by atoms with van der Waals surface area (Å²) in [6.45, 7) is 4.84. The molecule has 2 nitrogen and oxygen atoms in total. The molecule has 0 saturated heterocycles. The molecule has 0 radical (unpaired) electrons. The summed E-state index contributed by atoms with van der Waals surface area (Å²) in [5, 5.41) is 0.694. The van der Waals surface area contributed by atoms with Crippen LogP contribution in [0.25, 0.3) is 0 Å². The highest BCUT2D eigenvalue weighted by molar-refractivity contribution is 6.30. The van der Waals surface area contributed by atoms with Gasteiger partial charge in [-0.05, 0) is 30.5 Å². The number of nitrogens with two attached hydrogens (primary N) is 1. The van der Waals surface area contributed by atoms with Gasteiger partial charge in [0.05, 0.1) is 0 Å². The molecule has 0 fully saturated rings. The molecule has 0 amide bonds. The zero-order chi connectivity index (χ0) is 12.0. The summed E-state index contributed by atoms with van der Waals surface area (Å²) in [5.41, 5.74) is 6.48. The van der Waals surface area contributed by atoms with Gasteiger partial charge in [-0.3, -0.25) is 5.73 Å². The fraction of sp³-hybridized carbons (Fsp3) is 0.538. The van der Waals surface area contributed by atoms with E-state index in [0.717, 1.165) is 24.8 Å². The van der Waals surface area contributed by atoms with Crippen molar-refractivity contribution in [2.24, 2.45) is 5.73 Å². The van der Waals surface area contributed by atoms with E-state index in [1.54, 1.807) is 0 Å². The molecule has 1 unspecified atom stereocenters. The smallest absolute Gasteiger partial charge is 0.142 e. The molecule has 90 valence electrons. The quantitative estimate of drug-likeness (QED) is 0.609. The molecule has 0 aliphatic heterocycles. The minimum atomic E-state index is -0.708. The molecule has 0 aliphatic rings. The van der Waals surface area contributed by atoms with Crippen LogP contribution in [0.2, 0.25) is 5.02 Å². The van der Waals surface area contributed by atoms with Gasteiger partial charge in [0.1, 0.15) is 5.72 Å². The first kappa shape index (κ1) is 13.5. The maximum Gasteiger partial charge on any atom is 0.142 e. The highest BCUT2D eigenvalue weighted by Crippen LogP contribution is 2.26. The molecule has 1 atom stereocenters. The highest BCUT2D eigenvalue weighted by atomic mass is 35.5. The summed E-state index contributed by atoms with van der Waals surface area (Å²) in [5.74, 6) is 0. The van der Waals surface area contributed by atoms with Crippen molar-refractivity contribution in [3.05, 3.63) is 34.9 Å². The van der Waals surface area contributed by atoms with Crippen LogP contribution < -0.4 is 5.73 Å². The maximum absolute atomic E-state index is 6.25. The maximum atomic E-state index is 6.25. The molecule has 16 heavy (non-hydrogen) atoms. The minimum Gasteiger partial charge on any atom is -0.357 e. The summed E-state index contributed by atoms with van der Waals surface area (Å²) < 4.78 is 5.78. The van der Waals surface area contributed by atoms with E-state index in [1.807, 2.05) is 31.2 Å². The summed E-state index contributed by atoms with van der Waals surface area (Å²) in [6.07, 6.45) is 2.87. The first-order valence-electron chi connectivity index (χ1n) is 5.81. The average Bonchev–Trinajstić information content (AvgIpc) is 2.29. The topological polar surface area (TPSA) is 35.2 Å². The lowest BCUT2D eigenvalue weighted by atomic mass is 10.0. The summed E-state index contributed by atoms with van der Waals surface area (Å²) in [6, 6.07) is 7.57. The van der Waals surface area contributed by atoms with Crippen LogP contribution in [-0.2, 0) is 10.5 Å². The number of halogens is 1. The first-order chi connectivity index (χ1) is 7.62. The summed E-state index contributed by atoms with van der Waals surface area (Å²) in [7, 11) is 0. The van der Waals surface area contributed by atoms with Gasteiger partial charge in [0.2, 0.25) is 0 Å². The normalized spacial score (nSPS) is 14.8. The Kier molecular flexibility index (Phi) is 5.26. The Morgan fingerprint density at radius 3 is 2.69 bits per heavy atom. The van der Waals surface area contributed by atoms with E-state index in [-0.39, 0.29) is 0 Å². The van der Waals surface area contributed by atoms with Crippen LogP contribution in [0.15, 0.2) is 24.3 Å². The lowest BCUT2D eigenvalue weighted by Crippen LogP contribution is -2.39. The Balaban J connectivity index is 2.78. The molecule has 0 bridgehead atoms. The lowest BCUT2D eigenvalue weighted by molar-refractivity contribution is -0.0505. The van der Waals surface area contributed by atoms with Crippen LogP contribution in [0.1, 0.15) is 38.7 Å². The van der Waals surface area contributed by atoms with Gasteiger partial charge < -0.3 is 4.74 Å². The van der Waals surface area contributed by atoms with Crippen LogP contribution in [0.5, 0.6) is 0 Å². The van der Waals surface area contributed by atoms with Crippen molar-refractivity contribution < 1.29 is 4.74 Å². The average molecular weight is 242 g/mol. The fourth-order valence-electron chi connectivity index (χ4n) is 1.54. The first-order valence-corrected chi connectivity index (χ1v) is 6.19. The third kappa shape index (κ3) is 3.48. The van der Waals surface area contributed by atoms with E-state index in [9.17, 15) is 0 Å². The van der Waals surface area contributed by atoms with E-state index in [0.29, 0.717) is 11.6 Å². The van der Waals surface area contributed by atoms with Gasteiger partial charge in [-0.15, -0.1) is 0 Å². The molecule has 1 rings (SSSR count). The molecule has 3 heteroatoms. The number of hydrogen-bond acceptors (Lipinski definition) is 2. The number of hydrogen-bond donors (Lipinski definition) is 1.